The van der Waals surface area contributed by atoms with Gasteiger partial charge in [0, 0.05) is 17.8 Å². The molecule has 2 aromatic rings. The number of hydrogen-bond donors (Lipinski definition) is 3. The summed E-state index contributed by atoms with van der Waals surface area (Å²) in [5.74, 6) is -2.29. The molecule has 1 fully saturated rings. The Balaban J connectivity index is 1.66. The predicted molar refractivity (Wildman–Crippen MR) is 133 cm³/mol. The van der Waals surface area contributed by atoms with Crippen molar-refractivity contribution < 1.29 is 24.0 Å². The third-order valence-electron chi connectivity index (χ3n) is 6.96. The first-order valence-corrected chi connectivity index (χ1v) is 12.0. The molecule has 1 saturated heterocycles. The average Bonchev–Trinajstić information content (AvgIpc) is 3.37. The number of benzene rings is 2. The zero-order valence-corrected chi connectivity index (χ0v) is 20.5. The zero-order chi connectivity index (χ0) is 26.2. The Labute approximate surface area is 209 Å². The van der Waals surface area contributed by atoms with Gasteiger partial charge in [0.1, 0.15) is 12.1 Å². The molecule has 1 spiro atoms. The number of ketones is 1. The number of Topliss-reactive ketones (excluding diaryl/α,β-unsaturated/α-hetero) is 1. The summed E-state index contributed by atoms with van der Waals surface area (Å²) in [4.78, 5) is 65.9. The number of primary amides is 1. The zero-order valence-electron chi connectivity index (χ0n) is 20.5. The van der Waals surface area contributed by atoms with Crippen LogP contribution in [0.1, 0.15) is 59.9 Å². The number of nitrogens with zero attached hydrogens (tertiary/aromatic N) is 1. The van der Waals surface area contributed by atoms with Gasteiger partial charge in [0.05, 0.1) is 11.0 Å². The fourth-order valence-electron chi connectivity index (χ4n) is 5.24. The largest absolute Gasteiger partial charge is 0.368 e. The summed E-state index contributed by atoms with van der Waals surface area (Å²) in [6.07, 6.45) is 0.358. The van der Waals surface area contributed by atoms with E-state index in [1.165, 1.54) is 17.9 Å². The molecular formula is C27H30N4O5. The van der Waals surface area contributed by atoms with Crippen molar-refractivity contribution in [2.24, 2.45) is 11.7 Å². The molecule has 9 nitrogen and oxygen atoms in total. The first-order valence-electron chi connectivity index (χ1n) is 12.0. The lowest BCUT2D eigenvalue weighted by molar-refractivity contribution is -0.139. The van der Waals surface area contributed by atoms with Crippen molar-refractivity contribution in [2.45, 2.75) is 51.1 Å². The van der Waals surface area contributed by atoms with Crippen LogP contribution in [-0.2, 0) is 19.8 Å². The quantitative estimate of drug-likeness (QED) is 0.510. The molecule has 3 atom stereocenters. The molecule has 2 aromatic carbocycles. The highest BCUT2D eigenvalue weighted by Crippen LogP contribution is 2.46. The van der Waals surface area contributed by atoms with Gasteiger partial charge in [-0.25, -0.2) is 0 Å². The number of rotatable bonds is 7. The van der Waals surface area contributed by atoms with E-state index in [2.05, 4.69) is 10.6 Å². The normalized spacial score (nSPS) is 21.3. The number of amides is 4. The summed E-state index contributed by atoms with van der Waals surface area (Å²) in [6.45, 7) is 5.16. The molecule has 0 saturated carbocycles. The number of fused-ring (bicyclic) bond motifs is 2. The molecule has 4 N–H and O–H groups in total. The lowest BCUT2D eigenvalue weighted by Crippen LogP contribution is -2.53. The van der Waals surface area contributed by atoms with Crippen LogP contribution in [-0.4, -0.2) is 52.9 Å². The molecule has 188 valence electrons. The molecule has 2 aliphatic rings. The maximum Gasteiger partial charge on any atom is 0.252 e. The van der Waals surface area contributed by atoms with Crippen LogP contribution < -0.4 is 16.4 Å². The van der Waals surface area contributed by atoms with E-state index in [0.717, 1.165) is 5.56 Å². The molecule has 0 aliphatic carbocycles. The Bertz CT molecular complexity index is 1260. The van der Waals surface area contributed by atoms with Crippen molar-refractivity contribution >= 4 is 35.1 Å². The van der Waals surface area contributed by atoms with Crippen LogP contribution in [0.2, 0.25) is 0 Å². The van der Waals surface area contributed by atoms with Crippen LogP contribution >= 0.6 is 0 Å². The van der Waals surface area contributed by atoms with Crippen molar-refractivity contribution in [2.75, 3.05) is 11.9 Å². The van der Waals surface area contributed by atoms with Crippen LogP contribution in [0.4, 0.5) is 5.69 Å². The highest BCUT2D eigenvalue weighted by atomic mass is 16.2. The Kier molecular flexibility index (Phi) is 6.67. The Morgan fingerprint density at radius 3 is 2.36 bits per heavy atom. The number of para-hydroxylation sites is 1. The third kappa shape index (κ3) is 4.36. The minimum Gasteiger partial charge on any atom is -0.368 e. The molecule has 0 radical (unpaired) electrons. The second-order valence-electron chi connectivity index (χ2n) is 9.93. The van der Waals surface area contributed by atoms with Crippen molar-refractivity contribution in [3.05, 3.63) is 65.2 Å². The SMILES string of the molecule is CC(=O)c1ccccc1C(=O)NC(CC(C)C)C(=O)N1C[C@]2(CC1C(N)=O)C(=O)Nc1ccccc12. The first-order chi connectivity index (χ1) is 17.0. The van der Waals surface area contributed by atoms with E-state index >= 15 is 0 Å². The van der Waals surface area contributed by atoms with E-state index in [-0.39, 0.29) is 41.7 Å². The van der Waals surface area contributed by atoms with Crippen molar-refractivity contribution in [1.29, 1.82) is 0 Å². The van der Waals surface area contributed by atoms with E-state index in [4.69, 9.17) is 5.73 Å². The molecule has 36 heavy (non-hydrogen) atoms. The van der Waals surface area contributed by atoms with Gasteiger partial charge >= 0.3 is 0 Å². The minimum atomic E-state index is -1.10. The molecule has 2 unspecified atom stereocenters. The monoisotopic (exact) mass is 490 g/mol. The number of carbonyl (C=O) groups excluding carboxylic acids is 5. The number of likely N-dealkylation sites (tertiary alicyclic amines) is 1. The van der Waals surface area contributed by atoms with Crippen molar-refractivity contribution in [3.8, 4) is 0 Å². The van der Waals surface area contributed by atoms with E-state index in [9.17, 15) is 24.0 Å². The van der Waals surface area contributed by atoms with Gasteiger partial charge in [-0.2, -0.15) is 0 Å². The summed E-state index contributed by atoms with van der Waals surface area (Å²) in [5, 5.41) is 5.62. The van der Waals surface area contributed by atoms with E-state index in [1.807, 2.05) is 19.9 Å². The fraction of sp³-hybridized carbons (Fsp3) is 0.370. The number of anilines is 1. The topological polar surface area (TPSA) is 139 Å². The van der Waals surface area contributed by atoms with Crippen LogP contribution in [0.5, 0.6) is 0 Å². The molecule has 4 rings (SSSR count). The van der Waals surface area contributed by atoms with Crippen LogP contribution in [0.25, 0.3) is 0 Å². The van der Waals surface area contributed by atoms with Gasteiger partial charge < -0.3 is 21.3 Å². The Morgan fingerprint density at radius 1 is 1.08 bits per heavy atom. The summed E-state index contributed by atoms with van der Waals surface area (Å²) in [6, 6.07) is 11.6. The lowest BCUT2D eigenvalue weighted by atomic mass is 9.79. The molecule has 9 heteroatoms. The first kappa shape index (κ1) is 25.1. The number of nitrogens with one attached hydrogen (secondary N) is 2. The van der Waals surface area contributed by atoms with Crippen molar-refractivity contribution in [1.82, 2.24) is 10.2 Å². The average molecular weight is 491 g/mol. The maximum atomic E-state index is 13.8. The van der Waals surface area contributed by atoms with Gasteiger partial charge in [0.15, 0.2) is 5.78 Å². The Morgan fingerprint density at radius 2 is 1.72 bits per heavy atom. The van der Waals surface area contributed by atoms with Gasteiger partial charge in [-0.15, -0.1) is 0 Å². The summed E-state index contributed by atoms with van der Waals surface area (Å²) < 4.78 is 0. The number of hydrogen-bond acceptors (Lipinski definition) is 5. The highest BCUT2D eigenvalue weighted by molar-refractivity contribution is 6.09. The maximum absolute atomic E-state index is 13.8. The van der Waals surface area contributed by atoms with Gasteiger partial charge in [0.25, 0.3) is 5.91 Å². The molecule has 0 aromatic heterocycles. The molecular weight excluding hydrogens is 460 g/mol. The van der Waals surface area contributed by atoms with Gasteiger partial charge in [-0.3, -0.25) is 24.0 Å². The molecule has 2 aliphatic heterocycles. The Hall–Kier alpha value is -4.01. The van der Waals surface area contributed by atoms with Crippen LogP contribution in [0, 0.1) is 5.92 Å². The van der Waals surface area contributed by atoms with Crippen LogP contribution in [0.15, 0.2) is 48.5 Å². The van der Waals surface area contributed by atoms with Crippen LogP contribution in [0.3, 0.4) is 0 Å². The standard InChI is InChI=1S/C27H30N4O5/c1-15(2)12-21(29-24(34)18-9-5-4-8-17(18)16(3)32)25(35)31-14-27(13-22(31)23(28)33)19-10-6-7-11-20(19)30-26(27)36/h4-11,15,21-22H,12-14H2,1-3H3,(H2,28,33)(H,29,34)(H,30,36)/t21?,22?,27-/m0/s1. The molecule has 4 amide bonds. The van der Waals surface area contributed by atoms with Gasteiger partial charge in [-0.1, -0.05) is 50.2 Å². The van der Waals surface area contributed by atoms with E-state index in [1.54, 1.807) is 36.4 Å². The summed E-state index contributed by atoms with van der Waals surface area (Å²) in [5.41, 5.74) is 6.38. The van der Waals surface area contributed by atoms with Crippen molar-refractivity contribution in [3.63, 3.8) is 0 Å². The smallest absolute Gasteiger partial charge is 0.252 e. The second kappa shape index (κ2) is 9.56. The lowest BCUT2D eigenvalue weighted by Gasteiger charge is -2.29. The summed E-state index contributed by atoms with van der Waals surface area (Å²) >= 11 is 0. The summed E-state index contributed by atoms with van der Waals surface area (Å²) in [7, 11) is 0. The number of nitrogens with two attached hydrogens (primary N) is 1. The molecule has 0 bridgehead atoms. The molecule has 2 heterocycles. The van der Waals surface area contributed by atoms with E-state index < -0.39 is 35.2 Å². The second-order valence-corrected chi connectivity index (χ2v) is 9.93. The van der Waals surface area contributed by atoms with Gasteiger partial charge in [0.2, 0.25) is 17.7 Å². The predicted octanol–water partition coefficient (Wildman–Crippen LogP) is 2.01. The van der Waals surface area contributed by atoms with E-state index in [0.29, 0.717) is 12.1 Å². The van der Waals surface area contributed by atoms with Gasteiger partial charge in [-0.05, 0) is 43.4 Å². The minimum absolute atomic E-state index is 0.0291. The highest BCUT2D eigenvalue weighted by Gasteiger charge is 2.57. The fourth-order valence-corrected chi connectivity index (χ4v) is 5.24. The number of carbonyl (C=O) groups is 5. The third-order valence-corrected chi connectivity index (χ3v) is 6.96.